The fourth-order valence-electron chi connectivity index (χ4n) is 1.87. The lowest BCUT2D eigenvalue weighted by atomic mass is 9.99. The second kappa shape index (κ2) is 5.83. The van der Waals surface area contributed by atoms with Gasteiger partial charge in [0.1, 0.15) is 6.26 Å². The highest BCUT2D eigenvalue weighted by atomic mass is 16.5. The summed E-state index contributed by atoms with van der Waals surface area (Å²) < 4.78 is 4.80. The van der Waals surface area contributed by atoms with Gasteiger partial charge in [-0.25, -0.2) is 0 Å². The summed E-state index contributed by atoms with van der Waals surface area (Å²) in [5, 5.41) is 7.31. The van der Waals surface area contributed by atoms with Crippen LogP contribution in [0.1, 0.15) is 49.6 Å². The Morgan fingerprint density at radius 2 is 1.72 bits per heavy atom. The van der Waals surface area contributed by atoms with Crippen molar-refractivity contribution in [3.63, 3.8) is 0 Å². The molecule has 1 atom stereocenters. The van der Waals surface area contributed by atoms with Crippen LogP contribution in [0.3, 0.4) is 0 Å². The lowest BCUT2D eigenvalue weighted by Gasteiger charge is -2.14. The monoisotopic (exact) mass is 244 g/mol. The summed E-state index contributed by atoms with van der Waals surface area (Å²) in [5.74, 6) is 0.581. The summed E-state index contributed by atoms with van der Waals surface area (Å²) in [5.41, 5.74) is 3.60. The Kier molecular flexibility index (Phi) is 4.15. The van der Waals surface area contributed by atoms with Crippen LogP contribution in [-0.4, -0.2) is 5.16 Å². The smallest absolute Gasteiger partial charge is 0.124 e. The molecule has 1 N–H and O–H groups in total. The molecule has 0 aliphatic rings. The maximum atomic E-state index is 4.80. The molecule has 0 radical (unpaired) electrons. The van der Waals surface area contributed by atoms with Crippen LogP contribution in [-0.2, 0) is 6.54 Å². The minimum absolute atomic E-state index is 0.308. The highest BCUT2D eigenvalue weighted by Gasteiger charge is 2.06. The number of rotatable bonds is 5. The van der Waals surface area contributed by atoms with Gasteiger partial charge in [-0.15, -0.1) is 0 Å². The molecule has 96 valence electrons. The van der Waals surface area contributed by atoms with Gasteiger partial charge in [0.25, 0.3) is 0 Å². The SMILES string of the molecule is CC(C)c1ccc(C(C)NCc2ccon2)cc1. The number of aromatic nitrogens is 1. The Hall–Kier alpha value is -1.61. The van der Waals surface area contributed by atoms with E-state index in [1.54, 1.807) is 6.26 Å². The second-order valence-electron chi connectivity index (χ2n) is 4.91. The van der Waals surface area contributed by atoms with E-state index < -0.39 is 0 Å². The zero-order chi connectivity index (χ0) is 13.0. The van der Waals surface area contributed by atoms with Gasteiger partial charge in [-0.3, -0.25) is 0 Å². The molecule has 1 unspecified atom stereocenters. The molecule has 0 fully saturated rings. The second-order valence-corrected chi connectivity index (χ2v) is 4.91. The summed E-state index contributed by atoms with van der Waals surface area (Å²) in [6.07, 6.45) is 1.60. The van der Waals surface area contributed by atoms with Crippen molar-refractivity contribution in [2.45, 2.75) is 39.3 Å². The molecule has 0 aliphatic carbocycles. The molecule has 3 heteroatoms. The first-order valence-corrected chi connectivity index (χ1v) is 6.39. The van der Waals surface area contributed by atoms with Gasteiger partial charge in [-0.05, 0) is 24.0 Å². The average Bonchev–Trinajstić information content (AvgIpc) is 2.89. The van der Waals surface area contributed by atoms with Gasteiger partial charge in [0.15, 0.2) is 0 Å². The lowest BCUT2D eigenvalue weighted by Crippen LogP contribution is -2.18. The molecule has 1 aromatic carbocycles. The van der Waals surface area contributed by atoms with Gasteiger partial charge in [0.2, 0.25) is 0 Å². The average molecular weight is 244 g/mol. The molecule has 0 saturated carbocycles. The van der Waals surface area contributed by atoms with Gasteiger partial charge in [0, 0.05) is 18.7 Å². The fraction of sp³-hybridized carbons (Fsp3) is 0.400. The van der Waals surface area contributed by atoms with Gasteiger partial charge >= 0.3 is 0 Å². The van der Waals surface area contributed by atoms with Crippen molar-refractivity contribution in [3.8, 4) is 0 Å². The van der Waals surface area contributed by atoms with E-state index in [0.717, 1.165) is 12.2 Å². The normalized spacial score (nSPS) is 12.9. The standard InChI is InChI=1S/C15H20N2O/c1-11(2)13-4-6-14(7-5-13)12(3)16-10-15-8-9-18-17-15/h4-9,11-12,16H,10H2,1-3H3. The Morgan fingerprint density at radius 1 is 1.06 bits per heavy atom. The zero-order valence-electron chi connectivity index (χ0n) is 11.2. The summed E-state index contributed by atoms with van der Waals surface area (Å²) in [6.45, 7) is 7.30. The molecule has 0 aliphatic heterocycles. The molecule has 0 saturated heterocycles. The summed E-state index contributed by atoms with van der Waals surface area (Å²) in [4.78, 5) is 0. The van der Waals surface area contributed by atoms with Crippen molar-refractivity contribution in [1.82, 2.24) is 10.5 Å². The Labute approximate surface area is 108 Å². The fourth-order valence-corrected chi connectivity index (χ4v) is 1.87. The van der Waals surface area contributed by atoms with E-state index in [1.165, 1.54) is 11.1 Å². The predicted molar refractivity (Wildman–Crippen MR) is 72.3 cm³/mol. The molecule has 1 heterocycles. The number of hydrogen-bond donors (Lipinski definition) is 1. The van der Waals surface area contributed by atoms with Gasteiger partial charge < -0.3 is 9.84 Å². The first-order valence-electron chi connectivity index (χ1n) is 6.39. The number of nitrogens with zero attached hydrogens (tertiary/aromatic N) is 1. The van der Waals surface area contributed by atoms with E-state index in [0.29, 0.717) is 12.0 Å². The van der Waals surface area contributed by atoms with Crippen LogP contribution < -0.4 is 5.32 Å². The Balaban J connectivity index is 1.94. The van der Waals surface area contributed by atoms with Gasteiger partial charge in [-0.1, -0.05) is 43.3 Å². The minimum Gasteiger partial charge on any atom is -0.364 e. The van der Waals surface area contributed by atoms with Crippen molar-refractivity contribution >= 4 is 0 Å². The van der Waals surface area contributed by atoms with Crippen LogP contribution in [0.25, 0.3) is 0 Å². The van der Waals surface area contributed by atoms with Crippen molar-refractivity contribution in [3.05, 3.63) is 53.4 Å². The topological polar surface area (TPSA) is 38.1 Å². The number of nitrogens with one attached hydrogen (secondary N) is 1. The van der Waals surface area contributed by atoms with Crippen molar-refractivity contribution in [2.75, 3.05) is 0 Å². The molecule has 2 rings (SSSR count). The zero-order valence-corrected chi connectivity index (χ0v) is 11.2. The van der Waals surface area contributed by atoms with E-state index in [1.807, 2.05) is 6.07 Å². The first-order chi connectivity index (χ1) is 8.66. The third-order valence-electron chi connectivity index (χ3n) is 3.18. The van der Waals surface area contributed by atoms with E-state index >= 15 is 0 Å². The van der Waals surface area contributed by atoms with Gasteiger partial charge in [0.05, 0.1) is 5.69 Å². The summed E-state index contributed by atoms with van der Waals surface area (Å²) >= 11 is 0. The quantitative estimate of drug-likeness (QED) is 0.872. The van der Waals surface area contributed by atoms with Crippen molar-refractivity contribution in [1.29, 1.82) is 0 Å². The van der Waals surface area contributed by atoms with E-state index in [-0.39, 0.29) is 0 Å². The van der Waals surface area contributed by atoms with Gasteiger partial charge in [-0.2, -0.15) is 0 Å². The van der Waals surface area contributed by atoms with Crippen LogP contribution in [0, 0.1) is 0 Å². The highest BCUT2D eigenvalue weighted by molar-refractivity contribution is 5.26. The van der Waals surface area contributed by atoms with E-state index in [4.69, 9.17) is 4.52 Å². The summed E-state index contributed by atoms with van der Waals surface area (Å²) in [7, 11) is 0. The molecular formula is C15H20N2O. The van der Waals surface area contributed by atoms with E-state index in [2.05, 4.69) is 55.5 Å². The molecule has 0 spiro atoms. The summed E-state index contributed by atoms with van der Waals surface area (Å²) in [6, 6.07) is 11.0. The van der Waals surface area contributed by atoms with Crippen molar-refractivity contribution < 1.29 is 4.52 Å². The molecule has 3 nitrogen and oxygen atoms in total. The minimum atomic E-state index is 0.308. The third kappa shape index (κ3) is 3.20. The van der Waals surface area contributed by atoms with Crippen LogP contribution in [0.5, 0.6) is 0 Å². The van der Waals surface area contributed by atoms with Crippen molar-refractivity contribution in [2.24, 2.45) is 0 Å². The molecule has 1 aromatic heterocycles. The molecule has 2 aromatic rings. The number of benzene rings is 1. The highest BCUT2D eigenvalue weighted by Crippen LogP contribution is 2.18. The molecule has 18 heavy (non-hydrogen) atoms. The lowest BCUT2D eigenvalue weighted by molar-refractivity contribution is 0.406. The Morgan fingerprint density at radius 3 is 2.28 bits per heavy atom. The van der Waals surface area contributed by atoms with Crippen LogP contribution in [0.2, 0.25) is 0 Å². The van der Waals surface area contributed by atoms with Crippen LogP contribution in [0.4, 0.5) is 0 Å². The van der Waals surface area contributed by atoms with Crippen LogP contribution >= 0.6 is 0 Å². The Bertz CT molecular complexity index is 460. The van der Waals surface area contributed by atoms with E-state index in [9.17, 15) is 0 Å². The first kappa shape index (κ1) is 12.8. The predicted octanol–water partition coefficient (Wildman–Crippen LogP) is 3.65. The molecular weight excluding hydrogens is 224 g/mol. The number of hydrogen-bond acceptors (Lipinski definition) is 3. The largest absolute Gasteiger partial charge is 0.364 e. The maximum Gasteiger partial charge on any atom is 0.124 e. The molecule has 0 bridgehead atoms. The maximum absolute atomic E-state index is 4.80. The van der Waals surface area contributed by atoms with Crippen LogP contribution in [0.15, 0.2) is 41.1 Å². The molecule has 0 amide bonds. The third-order valence-corrected chi connectivity index (χ3v) is 3.18.